The minimum absolute atomic E-state index is 0.0241. The maximum atomic E-state index is 6.45. The lowest BCUT2D eigenvalue weighted by Crippen LogP contribution is -2.15. The molecule has 0 aromatic heterocycles. The van der Waals surface area contributed by atoms with Gasteiger partial charge in [-0.15, -0.1) is 11.6 Å². The van der Waals surface area contributed by atoms with Crippen molar-refractivity contribution >= 4 is 11.6 Å². The summed E-state index contributed by atoms with van der Waals surface area (Å²) in [5.74, 6) is 1.61. The van der Waals surface area contributed by atoms with Crippen molar-refractivity contribution in [2.75, 3.05) is 19.8 Å². The highest BCUT2D eigenvalue weighted by Gasteiger charge is 2.22. The third-order valence-electron chi connectivity index (χ3n) is 3.42. The Labute approximate surface area is 112 Å². The summed E-state index contributed by atoms with van der Waals surface area (Å²) in [4.78, 5) is 0. The first-order valence-electron chi connectivity index (χ1n) is 6.48. The molecule has 2 heterocycles. The molecule has 0 aliphatic carbocycles. The van der Waals surface area contributed by atoms with Gasteiger partial charge in [-0.2, -0.15) is 0 Å². The number of ether oxygens (including phenoxy) is 3. The Morgan fingerprint density at radius 1 is 1.17 bits per heavy atom. The van der Waals surface area contributed by atoms with Crippen molar-refractivity contribution in [1.29, 1.82) is 0 Å². The summed E-state index contributed by atoms with van der Waals surface area (Å²) in [6.07, 6.45) is 3.44. The van der Waals surface area contributed by atoms with Crippen molar-refractivity contribution in [3.63, 3.8) is 0 Å². The lowest BCUT2D eigenvalue weighted by atomic mass is 10.0. The molecule has 0 bridgehead atoms. The Morgan fingerprint density at radius 3 is 2.78 bits per heavy atom. The molecule has 3 rings (SSSR count). The van der Waals surface area contributed by atoms with Crippen molar-refractivity contribution in [2.45, 2.75) is 30.7 Å². The molecular formula is C14H17ClO3. The van der Waals surface area contributed by atoms with Gasteiger partial charge in [-0.3, -0.25) is 0 Å². The first-order valence-corrected chi connectivity index (χ1v) is 6.92. The highest BCUT2D eigenvalue weighted by Crippen LogP contribution is 2.36. The van der Waals surface area contributed by atoms with Crippen LogP contribution >= 0.6 is 11.6 Å². The first-order chi connectivity index (χ1) is 8.83. The molecule has 4 heteroatoms. The second-order valence-corrected chi connectivity index (χ2v) is 5.27. The molecule has 1 aromatic rings. The molecular weight excluding hydrogens is 252 g/mol. The lowest BCUT2D eigenvalue weighted by molar-refractivity contribution is 0.103. The van der Waals surface area contributed by atoms with E-state index in [0.29, 0.717) is 19.3 Å². The molecule has 0 saturated carbocycles. The minimum atomic E-state index is -0.0241. The summed E-state index contributed by atoms with van der Waals surface area (Å²) >= 11 is 6.45. The van der Waals surface area contributed by atoms with Gasteiger partial charge in [-0.1, -0.05) is 6.07 Å². The zero-order chi connectivity index (χ0) is 12.4. The van der Waals surface area contributed by atoms with Gasteiger partial charge in [0.1, 0.15) is 13.2 Å². The number of alkyl halides is 1. The largest absolute Gasteiger partial charge is 0.486 e. The van der Waals surface area contributed by atoms with Crippen molar-refractivity contribution in [3.8, 4) is 11.5 Å². The van der Waals surface area contributed by atoms with E-state index in [1.165, 1.54) is 0 Å². The van der Waals surface area contributed by atoms with Gasteiger partial charge >= 0.3 is 0 Å². The Morgan fingerprint density at radius 2 is 2.00 bits per heavy atom. The van der Waals surface area contributed by atoms with Gasteiger partial charge in [0.15, 0.2) is 11.5 Å². The van der Waals surface area contributed by atoms with E-state index in [1.807, 2.05) is 18.2 Å². The Balaban J connectivity index is 1.70. The van der Waals surface area contributed by atoms with Gasteiger partial charge in [0.2, 0.25) is 0 Å². The Hall–Kier alpha value is -0.930. The van der Waals surface area contributed by atoms with Gasteiger partial charge in [-0.25, -0.2) is 0 Å². The number of halogens is 1. The number of hydrogen-bond donors (Lipinski definition) is 0. The fraction of sp³-hybridized carbons (Fsp3) is 0.571. The monoisotopic (exact) mass is 268 g/mol. The molecule has 2 atom stereocenters. The first kappa shape index (κ1) is 12.1. The summed E-state index contributed by atoms with van der Waals surface area (Å²) in [6, 6.07) is 5.94. The van der Waals surface area contributed by atoms with Crippen LogP contribution in [0.25, 0.3) is 0 Å². The fourth-order valence-corrected chi connectivity index (χ4v) is 2.79. The third kappa shape index (κ3) is 2.57. The molecule has 0 spiro atoms. The van der Waals surface area contributed by atoms with Crippen molar-refractivity contribution in [3.05, 3.63) is 23.8 Å². The van der Waals surface area contributed by atoms with Crippen molar-refractivity contribution < 1.29 is 14.2 Å². The fourth-order valence-electron chi connectivity index (χ4n) is 2.45. The third-order valence-corrected chi connectivity index (χ3v) is 3.85. The van der Waals surface area contributed by atoms with E-state index in [-0.39, 0.29) is 5.38 Å². The summed E-state index contributed by atoms with van der Waals surface area (Å²) in [7, 11) is 0. The number of rotatable bonds is 3. The van der Waals surface area contributed by atoms with Crippen LogP contribution in [0.1, 0.15) is 30.2 Å². The molecule has 18 heavy (non-hydrogen) atoms. The van der Waals surface area contributed by atoms with Crippen LogP contribution in [0.3, 0.4) is 0 Å². The maximum Gasteiger partial charge on any atom is 0.161 e. The van der Waals surface area contributed by atoms with Crippen LogP contribution in [0.15, 0.2) is 18.2 Å². The molecule has 2 aliphatic heterocycles. The normalized spacial score (nSPS) is 23.9. The molecule has 0 N–H and O–H groups in total. The Kier molecular flexibility index (Phi) is 3.62. The van der Waals surface area contributed by atoms with E-state index in [4.69, 9.17) is 25.8 Å². The molecule has 2 aliphatic rings. The van der Waals surface area contributed by atoms with E-state index < -0.39 is 0 Å². The van der Waals surface area contributed by atoms with Gasteiger partial charge < -0.3 is 14.2 Å². The highest BCUT2D eigenvalue weighted by molar-refractivity contribution is 6.20. The predicted octanol–water partition coefficient (Wildman–Crippen LogP) is 3.31. The van der Waals surface area contributed by atoms with Crippen molar-refractivity contribution in [2.24, 2.45) is 0 Å². The van der Waals surface area contributed by atoms with E-state index in [2.05, 4.69) is 0 Å². The van der Waals surface area contributed by atoms with Crippen LogP contribution < -0.4 is 9.47 Å². The predicted molar refractivity (Wildman–Crippen MR) is 69.6 cm³/mol. The molecule has 0 radical (unpaired) electrons. The van der Waals surface area contributed by atoms with Crippen LogP contribution in [0.4, 0.5) is 0 Å². The van der Waals surface area contributed by atoms with E-state index in [9.17, 15) is 0 Å². The maximum absolute atomic E-state index is 6.45. The smallest absolute Gasteiger partial charge is 0.161 e. The minimum Gasteiger partial charge on any atom is -0.486 e. The van der Waals surface area contributed by atoms with Gasteiger partial charge in [-0.05, 0) is 37.0 Å². The zero-order valence-electron chi connectivity index (χ0n) is 10.2. The molecule has 0 amide bonds. The van der Waals surface area contributed by atoms with Gasteiger partial charge in [0.05, 0.1) is 11.5 Å². The average Bonchev–Trinajstić information content (AvgIpc) is 2.91. The van der Waals surface area contributed by atoms with E-state index >= 15 is 0 Å². The average molecular weight is 269 g/mol. The van der Waals surface area contributed by atoms with E-state index in [0.717, 1.165) is 42.9 Å². The molecule has 98 valence electrons. The number of fused-ring (bicyclic) bond motifs is 1. The quantitative estimate of drug-likeness (QED) is 0.787. The zero-order valence-corrected chi connectivity index (χ0v) is 11.0. The second kappa shape index (κ2) is 5.37. The number of hydrogen-bond acceptors (Lipinski definition) is 3. The van der Waals surface area contributed by atoms with E-state index in [1.54, 1.807) is 0 Å². The lowest BCUT2D eigenvalue weighted by Gasteiger charge is -2.20. The summed E-state index contributed by atoms with van der Waals surface area (Å²) in [5, 5.41) is -0.0241. The van der Waals surface area contributed by atoms with Crippen molar-refractivity contribution in [1.82, 2.24) is 0 Å². The molecule has 2 unspecified atom stereocenters. The van der Waals surface area contributed by atoms with Crippen LogP contribution in [0, 0.1) is 0 Å². The Bertz CT molecular complexity index is 416. The van der Waals surface area contributed by atoms with Crippen LogP contribution in [-0.4, -0.2) is 25.9 Å². The summed E-state index contributed by atoms with van der Waals surface area (Å²) in [6.45, 7) is 2.09. The topological polar surface area (TPSA) is 27.7 Å². The summed E-state index contributed by atoms with van der Waals surface area (Å²) in [5.41, 5.74) is 1.08. The molecule has 1 saturated heterocycles. The molecule has 1 aromatic carbocycles. The van der Waals surface area contributed by atoms with Gasteiger partial charge in [0, 0.05) is 6.61 Å². The highest BCUT2D eigenvalue weighted by atomic mass is 35.5. The number of benzene rings is 1. The van der Waals surface area contributed by atoms with Crippen LogP contribution in [-0.2, 0) is 4.74 Å². The SMILES string of the molecule is ClC(CC1CCCO1)c1ccc2c(c1)OCCO2. The standard InChI is InChI=1S/C14H17ClO3/c15-12(9-11-2-1-5-16-11)10-3-4-13-14(8-10)18-7-6-17-13/h3-4,8,11-12H,1-2,5-7,9H2. The van der Waals surface area contributed by atoms with Crippen LogP contribution in [0.5, 0.6) is 11.5 Å². The molecule has 1 fully saturated rings. The van der Waals surface area contributed by atoms with Crippen LogP contribution in [0.2, 0.25) is 0 Å². The summed E-state index contributed by atoms with van der Waals surface area (Å²) < 4.78 is 16.7. The second-order valence-electron chi connectivity index (χ2n) is 4.74. The van der Waals surface area contributed by atoms with Gasteiger partial charge in [0.25, 0.3) is 0 Å². The molecule has 3 nitrogen and oxygen atoms in total.